The minimum absolute atomic E-state index is 0.0441. The molecule has 3 unspecified atom stereocenters. The number of hydrogen-bond donors (Lipinski definition) is 1. The van der Waals surface area contributed by atoms with Crippen LogP contribution < -0.4 is 5.32 Å². The summed E-state index contributed by atoms with van der Waals surface area (Å²) >= 11 is 0. The molecule has 2 aliphatic rings. The van der Waals surface area contributed by atoms with E-state index >= 15 is 0 Å². The standard InChI is InChI=1S/C13H22N2O3/c1-8(2)11(14-13(17)18-3)12(16)15-7-6-9-4-5-10(9)15/h8-11H,4-7H2,1-3H3,(H,14,17). The number of rotatable bonds is 3. The molecule has 3 atom stereocenters. The lowest BCUT2D eigenvalue weighted by Crippen LogP contribution is -2.54. The third-order valence-corrected chi connectivity index (χ3v) is 4.19. The van der Waals surface area contributed by atoms with Gasteiger partial charge in [-0.05, 0) is 31.1 Å². The van der Waals surface area contributed by atoms with Gasteiger partial charge in [0.15, 0.2) is 0 Å². The van der Waals surface area contributed by atoms with Crippen molar-refractivity contribution in [1.29, 1.82) is 0 Å². The van der Waals surface area contributed by atoms with Crippen molar-refractivity contribution < 1.29 is 14.3 Å². The summed E-state index contributed by atoms with van der Waals surface area (Å²) in [5.74, 6) is 0.804. The number of amides is 2. The van der Waals surface area contributed by atoms with E-state index < -0.39 is 12.1 Å². The second-order valence-corrected chi connectivity index (χ2v) is 5.58. The molecule has 5 nitrogen and oxygen atoms in total. The average molecular weight is 254 g/mol. The second kappa shape index (κ2) is 5.16. The Labute approximate surface area is 108 Å². The molecule has 102 valence electrons. The van der Waals surface area contributed by atoms with Crippen LogP contribution in [0.2, 0.25) is 0 Å². The highest BCUT2D eigenvalue weighted by molar-refractivity contribution is 5.86. The largest absolute Gasteiger partial charge is 0.453 e. The fourth-order valence-corrected chi connectivity index (χ4v) is 2.92. The van der Waals surface area contributed by atoms with Crippen molar-refractivity contribution in [1.82, 2.24) is 10.2 Å². The number of nitrogens with zero attached hydrogens (tertiary/aromatic N) is 1. The molecule has 5 heteroatoms. The zero-order valence-electron chi connectivity index (χ0n) is 11.3. The van der Waals surface area contributed by atoms with Crippen LogP contribution in [0.5, 0.6) is 0 Å². The van der Waals surface area contributed by atoms with E-state index in [0.717, 1.165) is 19.4 Å². The fraction of sp³-hybridized carbons (Fsp3) is 0.846. The number of ether oxygens (including phenoxy) is 1. The molecule has 2 amide bonds. The smallest absolute Gasteiger partial charge is 0.407 e. The normalized spacial score (nSPS) is 27.4. The molecule has 0 radical (unpaired) electrons. The molecule has 1 heterocycles. The summed E-state index contributed by atoms with van der Waals surface area (Å²) < 4.78 is 4.58. The van der Waals surface area contributed by atoms with Gasteiger partial charge in [0.25, 0.3) is 0 Å². The first-order valence-electron chi connectivity index (χ1n) is 6.69. The summed E-state index contributed by atoms with van der Waals surface area (Å²) in [5, 5.41) is 2.65. The Morgan fingerprint density at radius 3 is 2.44 bits per heavy atom. The first-order chi connectivity index (χ1) is 8.54. The predicted octanol–water partition coefficient (Wildman–Crippen LogP) is 1.38. The van der Waals surface area contributed by atoms with Gasteiger partial charge >= 0.3 is 6.09 Å². The van der Waals surface area contributed by atoms with Gasteiger partial charge in [0.2, 0.25) is 5.91 Å². The Bertz CT molecular complexity index is 343. The summed E-state index contributed by atoms with van der Waals surface area (Å²) in [7, 11) is 1.31. The van der Waals surface area contributed by atoms with Crippen LogP contribution in [-0.4, -0.2) is 42.6 Å². The number of carbonyl (C=O) groups excluding carboxylic acids is 2. The Morgan fingerprint density at radius 2 is 2.00 bits per heavy atom. The molecule has 0 aromatic carbocycles. The Balaban J connectivity index is 2.01. The summed E-state index contributed by atoms with van der Waals surface area (Å²) in [6, 6.07) is -0.0602. The Morgan fingerprint density at radius 1 is 1.28 bits per heavy atom. The minimum Gasteiger partial charge on any atom is -0.453 e. The zero-order chi connectivity index (χ0) is 13.3. The van der Waals surface area contributed by atoms with Crippen molar-refractivity contribution in [3.8, 4) is 0 Å². The van der Waals surface area contributed by atoms with Crippen molar-refractivity contribution in [3.63, 3.8) is 0 Å². The highest BCUT2D eigenvalue weighted by atomic mass is 16.5. The van der Waals surface area contributed by atoms with E-state index in [1.165, 1.54) is 13.5 Å². The van der Waals surface area contributed by atoms with Crippen molar-refractivity contribution in [2.24, 2.45) is 11.8 Å². The zero-order valence-corrected chi connectivity index (χ0v) is 11.3. The number of fused-ring (bicyclic) bond motifs is 1. The number of carbonyl (C=O) groups is 2. The summed E-state index contributed by atoms with van der Waals surface area (Å²) in [4.78, 5) is 25.7. The van der Waals surface area contributed by atoms with Crippen LogP contribution in [0.3, 0.4) is 0 Å². The van der Waals surface area contributed by atoms with Crippen LogP contribution in [0.4, 0.5) is 4.79 Å². The first kappa shape index (κ1) is 13.2. The molecule has 1 saturated heterocycles. The highest BCUT2D eigenvalue weighted by Crippen LogP contribution is 2.40. The van der Waals surface area contributed by atoms with Gasteiger partial charge in [-0.2, -0.15) is 0 Å². The van der Waals surface area contributed by atoms with E-state index in [0.29, 0.717) is 12.0 Å². The van der Waals surface area contributed by atoms with Crippen LogP contribution in [0.25, 0.3) is 0 Å². The molecule has 0 aromatic rings. The summed E-state index contributed by atoms with van der Waals surface area (Å²) in [6.45, 7) is 4.71. The van der Waals surface area contributed by atoms with Crippen LogP contribution in [0.15, 0.2) is 0 Å². The van der Waals surface area contributed by atoms with E-state index in [1.54, 1.807) is 0 Å². The average Bonchev–Trinajstić information content (AvgIpc) is 2.59. The summed E-state index contributed by atoms with van der Waals surface area (Å²) in [5.41, 5.74) is 0. The maximum atomic E-state index is 12.5. The third-order valence-electron chi connectivity index (χ3n) is 4.19. The van der Waals surface area contributed by atoms with E-state index in [-0.39, 0.29) is 11.8 Å². The van der Waals surface area contributed by atoms with Gasteiger partial charge in [-0.3, -0.25) is 4.79 Å². The number of hydrogen-bond acceptors (Lipinski definition) is 3. The molecule has 0 aromatic heterocycles. The quantitative estimate of drug-likeness (QED) is 0.827. The van der Waals surface area contributed by atoms with E-state index in [1.807, 2.05) is 18.7 Å². The highest BCUT2D eigenvalue weighted by Gasteiger charge is 2.45. The molecular formula is C13H22N2O3. The van der Waals surface area contributed by atoms with Gasteiger partial charge in [-0.25, -0.2) is 4.79 Å². The molecule has 1 saturated carbocycles. The van der Waals surface area contributed by atoms with Gasteiger partial charge in [0.1, 0.15) is 6.04 Å². The molecule has 2 rings (SSSR count). The second-order valence-electron chi connectivity index (χ2n) is 5.58. The molecular weight excluding hydrogens is 232 g/mol. The third kappa shape index (κ3) is 2.31. The van der Waals surface area contributed by atoms with Crippen LogP contribution in [0.1, 0.15) is 33.1 Å². The van der Waals surface area contributed by atoms with Crippen molar-refractivity contribution >= 4 is 12.0 Å². The summed E-state index contributed by atoms with van der Waals surface area (Å²) in [6.07, 6.45) is 2.93. The minimum atomic E-state index is -0.536. The fourth-order valence-electron chi connectivity index (χ4n) is 2.92. The van der Waals surface area contributed by atoms with Crippen molar-refractivity contribution in [3.05, 3.63) is 0 Å². The lowest BCUT2D eigenvalue weighted by molar-refractivity contribution is -0.136. The predicted molar refractivity (Wildman–Crippen MR) is 67.0 cm³/mol. The number of methoxy groups -OCH3 is 1. The van der Waals surface area contributed by atoms with E-state index in [9.17, 15) is 9.59 Å². The maximum absolute atomic E-state index is 12.5. The molecule has 1 aliphatic carbocycles. The van der Waals surface area contributed by atoms with Crippen LogP contribution >= 0.6 is 0 Å². The van der Waals surface area contributed by atoms with Gasteiger partial charge in [0.05, 0.1) is 7.11 Å². The van der Waals surface area contributed by atoms with Gasteiger partial charge < -0.3 is 15.0 Å². The molecule has 0 bridgehead atoms. The first-order valence-corrected chi connectivity index (χ1v) is 6.69. The molecule has 2 fully saturated rings. The molecule has 0 spiro atoms. The number of likely N-dealkylation sites (tertiary alicyclic amines) is 1. The lowest BCUT2D eigenvalue weighted by atomic mass is 9.80. The number of nitrogens with one attached hydrogen (secondary N) is 1. The van der Waals surface area contributed by atoms with E-state index in [4.69, 9.17) is 0 Å². The molecule has 18 heavy (non-hydrogen) atoms. The van der Waals surface area contributed by atoms with Crippen LogP contribution in [-0.2, 0) is 9.53 Å². The SMILES string of the molecule is COC(=O)NC(C(=O)N1CCC2CCC21)C(C)C. The Kier molecular flexibility index (Phi) is 3.78. The molecule has 1 N–H and O–H groups in total. The van der Waals surface area contributed by atoms with Gasteiger partial charge in [-0.1, -0.05) is 13.8 Å². The van der Waals surface area contributed by atoms with Crippen LogP contribution in [0, 0.1) is 11.8 Å². The van der Waals surface area contributed by atoms with Gasteiger partial charge in [0, 0.05) is 12.6 Å². The monoisotopic (exact) mass is 254 g/mol. The maximum Gasteiger partial charge on any atom is 0.407 e. The van der Waals surface area contributed by atoms with E-state index in [2.05, 4.69) is 10.1 Å². The van der Waals surface area contributed by atoms with Gasteiger partial charge in [-0.15, -0.1) is 0 Å². The lowest BCUT2D eigenvalue weighted by Gasteiger charge is -2.38. The Hall–Kier alpha value is -1.26. The van der Waals surface area contributed by atoms with Crippen molar-refractivity contribution in [2.45, 2.75) is 45.2 Å². The topological polar surface area (TPSA) is 58.6 Å². The number of alkyl carbamates (subject to hydrolysis) is 1. The molecule has 1 aliphatic heterocycles. The van der Waals surface area contributed by atoms with Crippen molar-refractivity contribution in [2.75, 3.05) is 13.7 Å².